The molecule has 0 saturated carbocycles. The topological polar surface area (TPSA) is 66.9 Å². The Bertz CT molecular complexity index is 396. The van der Waals surface area contributed by atoms with E-state index in [4.69, 9.17) is 0 Å². The van der Waals surface area contributed by atoms with Crippen molar-refractivity contribution in [2.75, 3.05) is 11.9 Å². The maximum Gasteiger partial charge on any atom is 0.222 e. The summed E-state index contributed by atoms with van der Waals surface area (Å²) in [7, 11) is 0. The number of anilines is 1. The molecule has 1 unspecified atom stereocenters. The van der Waals surface area contributed by atoms with Gasteiger partial charge >= 0.3 is 0 Å². The largest absolute Gasteiger partial charge is 0.355 e. The van der Waals surface area contributed by atoms with Gasteiger partial charge in [-0.3, -0.25) is 4.79 Å². The number of carbonyl (C=O) groups is 1. The van der Waals surface area contributed by atoms with E-state index in [9.17, 15) is 4.79 Å². The van der Waals surface area contributed by atoms with Crippen LogP contribution in [0.5, 0.6) is 0 Å². The molecule has 1 aromatic heterocycles. The van der Waals surface area contributed by atoms with Crippen LogP contribution < -0.4 is 10.6 Å². The van der Waals surface area contributed by atoms with E-state index in [1.165, 1.54) is 11.5 Å². The van der Waals surface area contributed by atoms with Crippen LogP contribution in [0, 0.1) is 0 Å². The number of carbonyl (C=O) groups excluding carboxylic acids is 1. The van der Waals surface area contributed by atoms with Gasteiger partial charge in [0.2, 0.25) is 11.0 Å². The van der Waals surface area contributed by atoms with Gasteiger partial charge in [-0.15, -0.1) is 0 Å². The Labute approximate surface area is 98.8 Å². The summed E-state index contributed by atoms with van der Waals surface area (Å²) < 4.78 is 4.31. The van der Waals surface area contributed by atoms with Gasteiger partial charge in [0.15, 0.2) is 0 Å². The first-order valence-corrected chi connectivity index (χ1v) is 6.10. The van der Waals surface area contributed by atoms with Crippen LogP contribution >= 0.6 is 11.5 Å². The minimum atomic E-state index is -0.0276. The molecule has 0 radical (unpaired) electrons. The van der Waals surface area contributed by atoms with Crippen molar-refractivity contribution >= 4 is 22.6 Å². The first-order valence-electron chi connectivity index (χ1n) is 5.32. The second kappa shape index (κ2) is 4.01. The highest BCUT2D eigenvalue weighted by molar-refractivity contribution is 7.09. The van der Waals surface area contributed by atoms with Crippen molar-refractivity contribution in [1.29, 1.82) is 0 Å². The zero-order valence-corrected chi connectivity index (χ0v) is 10.5. The van der Waals surface area contributed by atoms with Gasteiger partial charge < -0.3 is 10.6 Å². The quantitative estimate of drug-likeness (QED) is 0.813. The highest BCUT2D eigenvalue weighted by Gasteiger charge is 2.24. The van der Waals surface area contributed by atoms with Crippen LogP contribution in [0.2, 0.25) is 0 Å². The van der Waals surface area contributed by atoms with Crippen LogP contribution in [0.15, 0.2) is 0 Å². The van der Waals surface area contributed by atoms with E-state index < -0.39 is 0 Å². The molecule has 6 heteroatoms. The van der Waals surface area contributed by atoms with E-state index >= 15 is 0 Å². The summed E-state index contributed by atoms with van der Waals surface area (Å²) in [6, 6.07) is 0.147. The van der Waals surface area contributed by atoms with Crippen molar-refractivity contribution in [3.63, 3.8) is 0 Å². The van der Waals surface area contributed by atoms with Crippen LogP contribution in [0.1, 0.15) is 33.0 Å². The number of nitrogens with one attached hydrogen (secondary N) is 2. The van der Waals surface area contributed by atoms with Crippen molar-refractivity contribution in [3.05, 3.63) is 5.82 Å². The molecule has 5 nitrogen and oxygen atoms in total. The molecule has 2 heterocycles. The molecule has 1 aliphatic rings. The summed E-state index contributed by atoms with van der Waals surface area (Å²) in [6.45, 7) is 6.92. The molecular formula is C10H16N4OS. The zero-order chi connectivity index (χ0) is 11.8. The fourth-order valence-corrected chi connectivity index (χ4v) is 2.30. The van der Waals surface area contributed by atoms with E-state index in [0.29, 0.717) is 13.0 Å². The average Bonchev–Trinajstić information content (AvgIpc) is 2.74. The van der Waals surface area contributed by atoms with E-state index in [2.05, 4.69) is 40.8 Å². The molecule has 1 saturated heterocycles. The lowest BCUT2D eigenvalue weighted by atomic mass is 9.96. The molecule has 1 atom stereocenters. The SMILES string of the molecule is CC(C)(C)c1nsc(NC2CNC(=O)C2)n1. The second-order valence-electron chi connectivity index (χ2n) is 5.02. The molecule has 2 N–H and O–H groups in total. The number of hydrogen-bond acceptors (Lipinski definition) is 5. The van der Waals surface area contributed by atoms with Crippen LogP contribution in [0.3, 0.4) is 0 Å². The number of nitrogens with zero attached hydrogens (tertiary/aromatic N) is 2. The van der Waals surface area contributed by atoms with Gasteiger partial charge in [-0.2, -0.15) is 4.37 Å². The number of aromatic nitrogens is 2. The first-order chi connectivity index (χ1) is 7.45. The highest BCUT2D eigenvalue weighted by atomic mass is 32.1. The molecule has 1 aromatic rings. The van der Waals surface area contributed by atoms with Crippen LogP contribution in [0.25, 0.3) is 0 Å². The molecule has 1 fully saturated rings. The van der Waals surface area contributed by atoms with Crippen molar-refractivity contribution in [3.8, 4) is 0 Å². The molecule has 0 spiro atoms. The predicted octanol–water partition coefficient (Wildman–Crippen LogP) is 1.14. The number of hydrogen-bond donors (Lipinski definition) is 2. The monoisotopic (exact) mass is 240 g/mol. The lowest BCUT2D eigenvalue weighted by Crippen LogP contribution is -2.22. The van der Waals surface area contributed by atoms with Crippen molar-refractivity contribution in [2.24, 2.45) is 0 Å². The summed E-state index contributed by atoms with van der Waals surface area (Å²) >= 11 is 1.35. The maximum absolute atomic E-state index is 11.0. The zero-order valence-electron chi connectivity index (χ0n) is 9.70. The van der Waals surface area contributed by atoms with Crippen molar-refractivity contribution in [2.45, 2.75) is 38.6 Å². The van der Waals surface area contributed by atoms with Gasteiger partial charge in [0.25, 0.3) is 0 Å². The van der Waals surface area contributed by atoms with Crippen LogP contribution in [0.4, 0.5) is 5.13 Å². The molecule has 0 aromatic carbocycles. The van der Waals surface area contributed by atoms with E-state index in [1.807, 2.05) is 0 Å². The summed E-state index contributed by atoms with van der Waals surface area (Å²) in [5, 5.41) is 6.80. The Morgan fingerprint density at radius 1 is 1.50 bits per heavy atom. The smallest absolute Gasteiger partial charge is 0.222 e. The Kier molecular flexibility index (Phi) is 2.84. The normalized spacial score (nSPS) is 20.9. The van der Waals surface area contributed by atoms with Gasteiger partial charge in [0.1, 0.15) is 5.82 Å². The van der Waals surface area contributed by atoms with E-state index in [1.54, 1.807) is 0 Å². The first kappa shape index (κ1) is 11.3. The molecule has 1 aliphatic heterocycles. The molecule has 0 aliphatic carbocycles. The van der Waals surface area contributed by atoms with Gasteiger partial charge in [-0.1, -0.05) is 20.8 Å². The van der Waals surface area contributed by atoms with Gasteiger partial charge in [-0.25, -0.2) is 4.98 Å². The third kappa shape index (κ3) is 2.49. The third-order valence-corrected chi connectivity index (χ3v) is 3.05. The lowest BCUT2D eigenvalue weighted by molar-refractivity contribution is -0.119. The summed E-state index contributed by atoms with van der Waals surface area (Å²) in [4.78, 5) is 15.5. The second-order valence-corrected chi connectivity index (χ2v) is 5.77. The Hall–Kier alpha value is -1.17. The molecule has 0 bridgehead atoms. The van der Waals surface area contributed by atoms with Gasteiger partial charge in [0.05, 0.1) is 6.04 Å². The van der Waals surface area contributed by atoms with Crippen molar-refractivity contribution in [1.82, 2.24) is 14.7 Å². The van der Waals surface area contributed by atoms with E-state index in [-0.39, 0.29) is 17.4 Å². The average molecular weight is 240 g/mol. The minimum absolute atomic E-state index is 0.0276. The molecule has 88 valence electrons. The lowest BCUT2D eigenvalue weighted by Gasteiger charge is -2.12. The minimum Gasteiger partial charge on any atom is -0.355 e. The Morgan fingerprint density at radius 3 is 2.75 bits per heavy atom. The van der Waals surface area contributed by atoms with E-state index in [0.717, 1.165) is 11.0 Å². The molecule has 1 amide bonds. The van der Waals surface area contributed by atoms with Crippen molar-refractivity contribution < 1.29 is 4.79 Å². The maximum atomic E-state index is 11.0. The van der Waals surface area contributed by atoms with Gasteiger partial charge in [-0.05, 0) is 0 Å². The van der Waals surface area contributed by atoms with Crippen LogP contribution in [-0.2, 0) is 10.2 Å². The molecular weight excluding hydrogens is 224 g/mol. The van der Waals surface area contributed by atoms with Crippen LogP contribution in [-0.4, -0.2) is 27.9 Å². The summed E-state index contributed by atoms with van der Waals surface area (Å²) in [5.41, 5.74) is -0.0276. The molecule has 2 rings (SSSR count). The number of rotatable bonds is 2. The third-order valence-electron chi connectivity index (χ3n) is 2.40. The van der Waals surface area contributed by atoms with Gasteiger partial charge in [0, 0.05) is 29.9 Å². The Morgan fingerprint density at radius 2 is 2.25 bits per heavy atom. The molecule has 16 heavy (non-hydrogen) atoms. The predicted molar refractivity (Wildman–Crippen MR) is 63.6 cm³/mol. The fourth-order valence-electron chi connectivity index (χ4n) is 1.47. The highest BCUT2D eigenvalue weighted by Crippen LogP contribution is 2.23. The Balaban J connectivity index is 2.00. The number of amides is 1. The fraction of sp³-hybridized carbons (Fsp3) is 0.700. The summed E-state index contributed by atoms with van der Waals surface area (Å²) in [6.07, 6.45) is 0.518. The summed E-state index contributed by atoms with van der Waals surface area (Å²) in [5.74, 6) is 0.940. The standard InChI is InChI=1S/C10H16N4OS/c1-10(2,3)8-13-9(16-14-8)12-6-4-7(15)11-5-6/h6H,4-5H2,1-3H3,(H,11,15)(H,12,13,14).